The maximum Gasteiger partial charge on any atom is 0.140 e. The van der Waals surface area contributed by atoms with Gasteiger partial charge < -0.3 is 9.63 Å². The number of nitrogens with zero attached hydrogens (tertiary/aromatic N) is 3. The van der Waals surface area contributed by atoms with Crippen LogP contribution in [0.2, 0.25) is 0 Å². The number of aliphatic hydroxyl groups is 1. The zero-order valence-electron chi connectivity index (χ0n) is 12.6. The molecule has 0 unspecified atom stereocenters. The lowest BCUT2D eigenvalue weighted by molar-refractivity contribution is -0.0314. The molecule has 0 spiro atoms. The first-order valence-electron chi connectivity index (χ1n) is 8.05. The van der Waals surface area contributed by atoms with Crippen molar-refractivity contribution in [3.8, 4) is 0 Å². The molecule has 0 atom stereocenters. The zero-order valence-corrected chi connectivity index (χ0v) is 12.6. The van der Waals surface area contributed by atoms with Crippen LogP contribution in [0.15, 0.2) is 35.0 Å². The number of aromatic nitrogens is 2. The Hall–Kier alpha value is -1.72. The number of hydrogen-bond donors (Lipinski definition) is 1. The number of pyridine rings is 1. The molecule has 0 bridgehead atoms. The summed E-state index contributed by atoms with van der Waals surface area (Å²) in [4.78, 5) is 6.64. The van der Waals surface area contributed by atoms with E-state index in [4.69, 9.17) is 4.52 Å². The van der Waals surface area contributed by atoms with Gasteiger partial charge in [-0.1, -0.05) is 11.2 Å². The van der Waals surface area contributed by atoms with Crippen LogP contribution < -0.4 is 0 Å². The average molecular weight is 299 g/mol. The SMILES string of the molecule is OC1(c2ccccn2)CCN(Cc2cc(C3CC3)on2)CC1. The smallest absolute Gasteiger partial charge is 0.140 e. The van der Waals surface area contributed by atoms with Gasteiger partial charge in [-0.2, -0.15) is 0 Å². The van der Waals surface area contributed by atoms with Gasteiger partial charge in [-0.15, -0.1) is 0 Å². The van der Waals surface area contributed by atoms with Gasteiger partial charge in [-0.05, 0) is 37.8 Å². The van der Waals surface area contributed by atoms with Crippen molar-refractivity contribution in [1.82, 2.24) is 15.0 Å². The Kier molecular flexibility index (Phi) is 3.47. The van der Waals surface area contributed by atoms with Crippen LogP contribution in [0.3, 0.4) is 0 Å². The second-order valence-electron chi connectivity index (χ2n) is 6.52. The molecular weight excluding hydrogens is 278 g/mol. The molecule has 22 heavy (non-hydrogen) atoms. The van der Waals surface area contributed by atoms with Crippen LogP contribution in [0.1, 0.15) is 48.7 Å². The summed E-state index contributed by atoms with van der Waals surface area (Å²) in [6.45, 7) is 2.49. The Bertz CT molecular complexity index is 628. The minimum Gasteiger partial charge on any atom is -0.383 e. The van der Waals surface area contributed by atoms with Gasteiger partial charge in [0.1, 0.15) is 11.4 Å². The van der Waals surface area contributed by atoms with E-state index in [-0.39, 0.29) is 0 Å². The second kappa shape index (κ2) is 5.48. The molecule has 1 saturated carbocycles. The summed E-state index contributed by atoms with van der Waals surface area (Å²) in [5.41, 5.74) is 0.998. The van der Waals surface area contributed by atoms with Crippen molar-refractivity contribution in [3.05, 3.63) is 47.6 Å². The predicted molar refractivity (Wildman–Crippen MR) is 81.1 cm³/mol. The van der Waals surface area contributed by atoms with E-state index in [1.165, 1.54) is 12.8 Å². The zero-order chi connectivity index (χ0) is 15.0. The van der Waals surface area contributed by atoms with Gasteiger partial charge in [-0.25, -0.2) is 0 Å². The highest BCUT2D eigenvalue weighted by molar-refractivity contribution is 5.16. The average Bonchev–Trinajstić information content (AvgIpc) is 3.31. The Morgan fingerprint density at radius 3 is 2.77 bits per heavy atom. The maximum absolute atomic E-state index is 10.8. The van der Waals surface area contributed by atoms with E-state index in [0.717, 1.165) is 36.8 Å². The molecule has 3 heterocycles. The molecule has 116 valence electrons. The van der Waals surface area contributed by atoms with E-state index in [1.807, 2.05) is 18.2 Å². The first-order chi connectivity index (χ1) is 10.7. The Morgan fingerprint density at radius 2 is 2.09 bits per heavy atom. The molecule has 5 nitrogen and oxygen atoms in total. The lowest BCUT2D eigenvalue weighted by atomic mass is 9.87. The van der Waals surface area contributed by atoms with Crippen molar-refractivity contribution in [3.63, 3.8) is 0 Å². The van der Waals surface area contributed by atoms with Crippen LogP contribution in [-0.2, 0) is 12.1 Å². The van der Waals surface area contributed by atoms with Crippen LogP contribution in [0, 0.1) is 0 Å². The third kappa shape index (κ3) is 2.78. The molecule has 1 aliphatic heterocycles. The van der Waals surface area contributed by atoms with E-state index in [9.17, 15) is 5.11 Å². The first kappa shape index (κ1) is 13.9. The summed E-state index contributed by atoms with van der Waals surface area (Å²) in [7, 11) is 0. The number of rotatable bonds is 4. The molecule has 2 fully saturated rings. The Balaban J connectivity index is 1.37. The molecule has 2 aromatic rings. The van der Waals surface area contributed by atoms with E-state index in [2.05, 4.69) is 21.1 Å². The molecule has 0 radical (unpaired) electrons. The third-order valence-corrected chi connectivity index (χ3v) is 4.77. The molecule has 1 aliphatic carbocycles. The normalized spacial score (nSPS) is 21.9. The molecule has 1 saturated heterocycles. The van der Waals surface area contributed by atoms with Gasteiger partial charge in [0.05, 0.1) is 11.4 Å². The summed E-state index contributed by atoms with van der Waals surface area (Å²) in [6, 6.07) is 7.82. The lowest BCUT2D eigenvalue weighted by Crippen LogP contribution is -2.42. The Labute approximate surface area is 130 Å². The van der Waals surface area contributed by atoms with Crippen LogP contribution in [-0.4, -0.2) is 33.2 Å². The lowest BCUT2D eigenvalue weighted by Gasteiger charge is -2.37. The summed E-state index contributed by atoms with van der Waals surface area (Å²) in [5.74, 6) is 1.65. The summed E-state index contributed by atoms with van der Waals surface area (Å²) >= 11 is 0. The number of piperidine rings is 1. The molecule has 2 aromatic heterocycles. The molecule has 5 heteroatoms. The van der Waals surface area contributed by atoms with Crippen LogP contribution in [0.5, 0.6) is 0 Å². The first-order valence-corrected chi connectivity index (χ1v) is 8.05. The molecule has 0 aromatic carbocycles. The quantitative estimate of drug-likeness (QED) is 0.939. The van der Waals surface area contributed by atoms with Crippen molar-refractivity contribution < 1.29 is 9.63 Å². The van der Waals surface area contributed by atoms with E-state index in [1.54, 1.807) is 6.20 Å². The van der Waals surface area contributed by atoms with Gasteiger partial charge in [0.2, 0.25) is 0 Å². The van der Waals surface area contributed by atoms with Gasteiger partial charge in [-0.3, -0.25) is 9.88 Å². The van der Waals surface area contributed by atoms with Crippen LogP contribution in [0.4, 0.5) is 0 Å². The summed E-state index contributed by atoms with van der Waals surface area (Å²) in [5, 5.41) is 15.0. The van der Waals surface area contributed by atoms with E-state index < -0.39 is 5.60 Å². The van der Waals surface area contributed by atoms with Gasteiger partial charge >= 0.3 is 0 Å². The molecule has 2 aliphatic rings. The fourth-order valence-corrected chi connectivity index (χ4v) is 3.17. The fourth-order valence-electron chi connectivity index (χ4n) is 3.17. The van der Waals surface area contributed by atoms with Crippen molar-refractivity contribution in [2.45, 2.75) is 43.7 Å². The van der Waals surface area contributed by atoms with Gasteiger partial charge in [0, 0.05) is 37.8 Å². The highest BCUT2D eigenvalue weighted by Gasteiger charge is 2.35. The predicted octanol–water partition coefficient (Wildman–Crippen LogP) is 2.43. The third-order valence-electron chi connectivity index (χ3n) is 4.77. The van der Waals surface area contributed by atoms with E-state index >= 15 is 0 Å². The highest BCUT2D eigenvalue weighted by atomic mass is 16.5. The Morgan fingerprint density at radius 1 is 1.27 bits per heavy atom. The number of likely N-dealkylation sites (tertiary alicyclic amines) is 1. The van der Waals surface area contributed by atoms with Crippen molar-refractivity contribution in [2.75, 3.05) is 13.1 Å². The summed E-state index contributed by atoms with van der Waals surface area (Å²) < 4.78 is 5.40. The van der Waals surface area contributed by atoms with Crippen LogP contribution in [0.25, 0.3) is 0 Å². The molecule has 0 amide bonds. The molecular formula is C17H21N3O2. The highest BCUT2D eigenvalue weighted by Crippen LogP contribution is 2.40. The number of hydrogen-bond acceptors (Lipinski definition) is 5. The second-order valence-corrected chi connectivity index (χ2v) is 6.52. The molecule has 1 N–H and O–H groups in total. The maximum atomic E-state index is 10.8. The monoisotopic (exact) mass is 299 g/mol. The van der Waals surface area contributed by atoms with Gasteiger partial charge in [0.15, 0.2) is 0 Å². The summed E-state index contributed by atoms with van der Waals surface area (Å²) in [6.07, 6.45) is 5.62. The van der Waals surface area contributed by atoms with Crippen molar-refractivity contribution in [1.29, 1.82) is 0 Å². The van der Waals surface area contributed by atoms with Crippen molar-refractivity contribution in [2.24, 2.45) is 0 Å². The van der Waals surface area contributed by atoms with E-state index in [0.29, 0.717) is 18.8 Å². The standard InChI is InChI=1S/C17H21N3O2/c21-17(16-3-1-2-8-18-16)6-9-20(10-7-17)12-14-11-15(22-19-14)13-4-5-13/h1-3,8,11,13,21H,4-7,9-10,12H2. The molecule has 4 rings (SSSR count). The topological polar surface area (TPSA) is 62.4 Å². The van der Waals surface area contributed by atoms with Crippen LogP contribution >= 0.6 is 0 Å². The fraction of sp³-hybridized carbons (Fsp3) is 0.529. The minimum atomic E-state index is -0.791. The van der Waals surface area contributed by atoms with Gasteiger partial charge in [0.25, 0.3) is 0 Å². The largest absolute Gasteiger partial charge is 0.383 e. The minimum absolute atomic E-state index is 0.608. The van der Waals surface area contributed by atoms with Crippen molar-refractivity contribution >= 4 is 0 Å².